The average molecular weight is 360 g/mol. The molecule has 2 aromatic carbocycles. The first kappa shape index (κ1) is 19.2. The topological polar surface area (TPSA) is 105 Å². The molecule has 0 aliphatic carbocycles. The van der Waals surface area contributed by atoms with E-state index in [0.717, 1.165) is 0 Å². The van der Waals surface area contributed by atoms with Crippen molar-refractivity contribution in [3.63, 3.8) is 0 Å². The van der Waals surface area contributed by atoms with E-state index in [0.29, 0.717) is 22.6 Å². The standard InChI is InChI=1S/C18H20N2O6/c1-11(2)25-17-9-13(19(21)22)5-7-15(17)16-8-6-14(20(23)24)10-18(16)26-12(3)4/h5-12H,1-4H3. The average Bonchev–Trinajstić information content (AvgIpc) is 2.53. The lowest BCUT2D eigenvalue weighted by atomic mass is 10.0. The minimum Gasteiger partial charge on any atom is -0.490 e. The smallest absolute Gasteiger partial charge is 0.273 e. The molecule has 0 N–H and O–H groups in total. The van der Waals surface area contributed by atoms with Gasteiger partial charge in [-0.05, 0) is 39.8 Å². The van der Waals surface area contributed by atoms with E-state index < -0.39 is 9.85 Å². The highest BCUT2D eigenvalue weighted by molar-refractivity contribution is 5.78. The maximum atomic E-state index is 11.1. The fraction of sp³-hybridized carbons (Fsp3) is 0.333. The third-order valence-electron chi connectivity index (χ3n) is 3.37. The van der Waals surface area contributed by atoms with Crippen LogP contribution < -0.4 is 9.47 Å². The van der Waals surface area contributed by atoms with Gasteiger partial charge in [0.15, 0.2) is 0 Å². The van der Waals surface area contributed by atoms with Gasteiger partial charge in [0, 0.05) is 23.3 Å². The summed E-state index contributed by atoms with van der Waals surface area (Å²) in [6.07, 6.45) is -0.411. The Kier molecular flexibility index (Phi) is 5.76. The van der Waals surface area contributed by atoms with Crippen molar-refractivity contribution in [2.24, 2.45) is 0 Å². The fourth-order valence-corrected chi connectivity index (χ4v) is 2.40. The van der Waals surface area contributed by atoms with Gasteiger partial charge >= 0.3 is 0 Å². The molecule has 0 radical (unpaired) electrons. The molecule has 0 aliphatic rings. The highest BCUT2D eigenvalue weighted by Crippen LogP contribution is 2.40. The van der Waals surface area contributed by atoms with Gasteiger partial charge in [-0.25, -0.2) is 0 Å². The largest absolute Gasteiger partial charge is 0.490 e. The molecule has 0 unspecified atom stereocenters. The maximum absolute atomic E-state index is 11.1. The SMILES string of the molecule is CC(C)Oc1cc([N+](=O)[O-])ccc1-c1ccc([N+](=O)[O-])cc1OC(C)C. The van der Waals surface area contributed by atoms with E-state index in [1.54, 1.807) is 12.1 Å². The van der Waals surface area contributed by atoms with Crippen LogP contribution >= 0.6 is 0 Å². The van der Waals surface area contributed by atoms with Crippen LogP contribution in [0.4, 0.5) is 11.4 Å². The number of nitrogens with zero attached hydrogens (tertiary/aromatic N) is 2. The number of nitro benzene ring substituents is 2. The third kappa shape index (κ3) is 4.47. The normalized spacial score (nSPS) is 10.8. The minimum atomic E-state index is -0.502. The first-order chi connectivity index (χ1) is 12.2. The lowest BCUT2D eigenvalue weighted by Crippen LogP contribution is -2.09. The quantitative estimate of drug-likeness (QED) is 0.521. The second-order valence-corrected chi connectivity index (χ2v) is 6.21. The Morgan fingerprint density at radius 1 is 0.731 bits per heavy atom. The highest BCUT2D eigenvalue weighted by Gasteiger charge is 2.20. The van der Waals surface area contributed by atoms with E-state index in [1.807, 2.05) is 27.7 Å². The Labute approximate surface area is 150 Å². The van der Waals surface area contributed by atoms with Gasteiger partial charge in [0.25, 0.3) is 11.4 Å². The number of benzene rings is 2. The molecule has 0 fully saturated rings. The van der Waals surface area contributed by atoms with Crippen LogP contribution in [0.25, 0.3) is 11.1 Å². The summed E-state index contributed by atoms with van der Waals surface area (Å²) in [6.45, 7) is 7.24. The van der Waals surface area contributed by atoms with Crippen molar-refractivity contribution in [1.29, 1.82) is 0 Å². The molecule has 0 aromatic heterocycles. The summed E-state index contributed by atoms with van der Waals surface area (Å²) in [6, 6.07) is 8.53. The summed E-state index contributed by atoms with van der Waals surface area (Å²) < 4.78 is 11.5. The Hall–Kier alpha value is -3.16. The molecule has 8 heteroatoms. The fourth-order valence-electron chi connectivity index (χ4n) is 2.40. The van der Waals surface area contributed by atoms with Crippen LogP contribution in [0.1, 0.15) is 27.7 Å². The number of hydrogen-bond donors (Lipinski definition) is 0. The van der Waals surface area contributed by atoms with Gasteiger partial charge in [-0.15, -0.1) is 0 Å². The van der Waals surface area contributed by atoms with Crippen molar-refractivity contribution in [3.05, 3.63) is 56.6 Å². The first-order valence-electron chi connectivity index (χ1n) is 8.09. The minimum absolute atomic E-state index is 0.0994. The second kappa shape index (κ2) is 7.81. The van der Waals surface area contributed by atoms with Gasteiger partial charge < -0.3 is 9.47 Å². The van der Waals surface area contributed by atoms with Crippen LogP contribution in [0.15, 0.2) is 36.4 Å². The molecule has 0 atom stereocenters. The molecule has 138 valence electrons. The van der Waals surface area contributed by atoms with E-state index in [2.05, 4.69) is 0 Å². The maximum Gasteiger partial charge on any atom is 0.273 e. The monoisotopic (exact) mass is 360 g/mol. The van der Waals surface area contributed by atoms with Gasteiger partial charge in [-0.2, -0.15) is 0 Å². The predicted octanol–water partition coefficient (Wildman–Crippen LogP) is 4.74. The van der Waals surface area contributed by atoms with Crippen molar-refractivity contribution in [2.45, 2.75) is 39.9 Å². The van der Waals surface area contributed by atoms with Gasteiger partial charge in [0.1, 0.15) is 11.5 Å². The van der Waals surface area contributed by atoms with Crippen molar-refractivity contribution in [2.75, 3.05) is 0 Å². The van der Waals surface area contributed by atoms with Crippen molar-refractivity contribution >= 4 is 11.4 Å². The van der Waals surface area contributed by atoms with Gasteiger partial charge in [0.05, 0.1) is 34.2 Å². The van der Waals surface area contributed by atoms with E-state index in [4.69, 9.17) is 9.47 Å². The molecule has 2 aromatic rings. The van der Waals surface area contributed by atoms with Crippen LogP contribution in [0.3, 0.4) is 0 Å². The number of hydrogen-bond acceptors (Lipinski definition) is 6. The number of rotatable bonds is 7. The summed E-state index contributed by atoms with van der Waals surface area (Å²) in [5.74, 6) is 0.633. The Morgan fingerprint density at radius 2 is 1.08 bits per heavy atom. The van der Waals surface area contributed by atoms with Crippen molar-refractivity contribution in [3.8, 4) is 22.6 Å². The number of ether oxygens (including phenoxy) is 2. The first-order valence-corrected chi connectivity index (χ1v) is 8.09. The van der Waals surface area contributed by atoms with Crippen molar-refractivity contribution < 1.29 is 19.3 Å². The summed E-state index contributed by atoms with van der Waals surface area (Å²) in [5, 5.41) is 22.1. The number of nitro groups is 2. The zero-order valence-electron chi connectivity index (χ0n) is 15.0. The van der Waals surface area contributed by atoms with Gasteiger partial charge in [-0.3, -0.25) is 20.2 Å². The van der Waals surface area contributed by atoms with Crippen LogP contribution in [0, 0.1) is 20.2 Å². The zero-order valence-corrected chi connectivity index (χ0v) is 15.0. The van der Waals surface area contributed by atoms with Gasteiger partial charge in [-0.1, -0.05) is 0 Å². The molecular formula is C18H20N2O6. The molecule has 0 saturated carbocycles. The molecule has 0 amide bonds. The Bertz CT molecular complexity index is 763. The molecule has 0 spiro atoms. The molecule has 0 aliphatic heterocycles. The predicted molar refractivity (Wildman–Crippen MR) is 96.7 cm³/mol. The summed E-state index contributed by atoms with van der Waals surface area (Å²) in [4.78, 5) is 21.1. The molecule has 2 rings (SSSR count). The number of non-ortho nitro benzene ring substituents is 2. The molecular weight excluding hydrogens is 340 g/mol. The molecule has 0 bridgehead atoms. The molecule has 0 heterocycles. The van der Waals surface area contributed by atoms with Crippen molar-refractivity contribution in [1.82, 2.24) is 0 Å². The van der Waals surface area contributed by atoms with Crippen LogP contribution in [0.5, 0.6) is 11.5 Å². The zero-order chi connectivity index (χ0) is 19.4. The van der Waals surface area contributed by atoms with E-state index >= 15 is 0 Å². The highest BCUT2D eigenvalue weighted by atomic mass is 16.6. The third-order valence-corrected chi connectivity index (χ3v) is 3.37. The van der Waals surface area contributed by atoms with Crippen LogP contribution in [0.2, 0.25) is 0 Å². The Balaban J connectivity index is 2.65. The lowest BCUT2D eigenvalue weighted by molar-refractivity contribution is -0.385. The second-order valence-electron chi connectivity index (χ2n) is 6.21. The van der Waals surface area contributed by atoms with E-state index in [9.17, 15) is 20.2 Å². The molecule has 26 heavy (non-hydrogen) atoms. The molecule has 0 saturated heterocycles. The van der Waals surface area contributed by atoms with Gasteiger partial charge in [0.2, 0.25) is 0 Å². The van der Waals surface area contributed by atoms with E-state index in [-0.39, 0.29) is 23.6 Å². The van der Waals surface area contributed by atoms with Crippen LogP contribution in [-0.2, 0) is 0 Å². The summed E-state index contributed by atoms with van der Waals surface area (Å²) >= 11 is 0. The van der Waals surface area contributed by atoms with Crippen LogP contribution in [-0.4, -0.2) is 22.1 Å². The molecule has 8 nitrogen and oxygen atoms in total. The summed E-state index contributed by atoms with van der Waals surface area (Å²) in [7, 11) is 0. The lowest BCUT2D eigenvalue weighted by Gasteiger charge is -2.18. The summed E-state index contributed by atoms with van der Waals surface area (Å²) in [5.41, 5.74) is 0.931. The van der Waals surface area contributed by atoms with E-state index in [1.165, 1.54) is 24.3 Å². The Morgan fingerprint density at radius 3 is 1.35 bits per heavy atom.